The lowest BCUT2D eigenvalue weighted by molar-refractivity contribution is -0.124. The van der Waals surface area contributed by atoms with E-state index in [2.05, 4.69) is 0 Å². The highest BCUT2D eigenvalue weighted by Crippen LogP contribution is 2.31. The Kier molecular flexibility index (Phi) is 8.89. The Morgan fingerprint density at radius 1 is 1.10 bits per heavy atom. The zero-order valence-electron chi connectivity index (χ0n) is 17.3. The first-order valence-electron chi connectivity index (χ1n) is 9.44. The number of benzene rings is 1. The summed E-state index contributed by atoms with van der Waals surface area (Å²) >= 11 is 0. The third-order valence-electron chi connectivity index (χ3n) is 4.43. The predicted octanol–water partition coefficient (Wildman–Crippen LogP) is 3.56. The molecule has 0 bridgehead atoms. The van der Waals surface area contributed by atoms with Crippen LogP contribution in [0.4, 0.5) is 0 Å². The van der Waals surface area contributed by atoms with Crippen molar-refractivity contribution in [3.8, 4) is 11.5 Å². The smallest absolute Gasteiger partial charge is 0.342 e. The molecule has 0 radical (unpaired) electrons. The van der Waals surface area contributed by atoms with Crippen molar-refractivity contribution in [1.82, 2.24) is 0 Å². The van der Waals surface area contributed by atoms with Gasteiger partial charge in [-0.25, -0.2) is 4.79 Å². The van der Waals surface area contributed by atoms with Crippen LogP contribution >= 0.6 is 0 Å². The zero-order chi connectivity index (χ0) is 21.2. The summed E-state index contributed by atoms with van der Waals surface area (Å²) in [5.41, 5.74) is 0.895. The van der Waals surface area contributed by atoms with Crippen LogP contribution < -0.4 is 9.47 Å². The minimum absolute atomic E-state index is 0.0213. The van der Waals surface area contributed by atoms with E-state index in [-0.39, 0.29) is 12.6 Å². The summed E-state index contributed by atoms with van der Waals surface area (Å²) in [5, 5.41) is 0. The molecule has 0 spiro atoms. The average molecular weight is 404 g/mol. The van der Waals surface area contributed by atoms with Crippen molar-refractivity contribution >= 4 is 17.8 Å². The molecule has 0 saturated carbocycles. The molecule has 0 aromatic heterocycles. The van der Waals surface area contributed by atoms with Gasteiger partial charge in [0.1, 0.15) is 29.3 Å². The van der Waals surface area contributed by atoms with Gasteiger partial charge in [-0.2, -0.15) is 0 Å². The van der Waals surface area contributed by atoms with E-state index in [1.807, 2.05) is 6.08 Å². The van der Waals surface area contributed by atoms with Crippen molar-refractivity contribution in [2.24, 2.45) is 0 Å². The molecule has 0 amide bonds. The first-order chi connectivity index (χ1) is 14.0. The second-order valence-electron chi connectivity index (χ2n) is 6.60. The highest BCUT2D eigenvalue weighted by Gasteiger charge is 2.22. The summed E-state index contributed by atoms with van der Waals surface area (Å²) in [6.07, 6.45) is 7.45. The number of ketones is 1. The predicted molar refractivity (Wildman–Crippen MR) is 108 cm³/mol. The van der Waals surface area contributed by atoms with Gasteiger partial charge in [0.25, 0.3) is 0 Å². The van der Waals surface area contributed by atoms with Gasteiger partial charge in [-0.3, -0.25) is 4.79 Å². The molecule has 2 atom stereocenters. The number of cyclic esters (lactones) is 1. The summed E-state index contributed by atoms with van der Waals surface area (Å²) in [4.78, 5) is 25.1. The number of ether oxygens (including phenoxy) is 5. The van der Waals surface area contributed by atoms with Gasteiger partial charge in [-0.15, -0.1) is 0 Å². The van der Waals surface area contributed by atoms with E-state index in [9.17, 15) is 9.59 Å². The largest absolute Gasteiger partial charge is 0.497 e. The van der Waals surface area contributed by atoms with Crippen molar-refractivity contribution in [2.75, 3.05) is 28.1 Å². The fourth-order valence-corrected chi connectivity index (χ4v) is 2.92. The Labute approximate surface area is 171 Å². The molecule has 0 saturated heterocycles. The first kappa shape index (κ1) is 22.6. The van der Waals surface area contributed by atoms with Gasteiger partial charge in [0.05, 0.1) is 7.11 Å². The van der Waals surface area contributed by atoms with E-state index in [1.165, 1.54) is 27.4 Å². The lowest BCUT2D eigenvalue weighted by Crippen LogP contribution is -2.21. The van der Waals surface area contributed by atoms with Gasteiger partial charge in [-0.05, 0) is 37.5 Å². The van der Waals surface area contributed by atoms with Gasteiger partial charge >= 0.3 is 5.97 Å². The molecule has 1 aliphatic rings. The molecule has 1 aromatic carbocycles. The number of esters is 1. The van der Waals surface area contributed by atoms with Crippen LogP contribution in [0.2, 0.25) is 0 Å². The summed E-state index contributed by atoms with van der Waals surface area (Å²) in [6, 6.07) is 3.36. The number of hydrogen-bond donors (Lipinski definition) is 0. The van der Waals surface area contributed by atoms with E-state index in [1.54, 1.807) is 31.2 Å². The molecule has 7 nitrogen and oxygen atoms in total. The van der Waals surface area contributed by atoms with Crippen molar-refractivity contribution in [1.29, 1.82) is 0 Å². The van der Waals surface area contributed by atoms with Crippen LogP contribution in [-0.4, -0.2) is 52.1 Å². The lowest BCUT2D eigenvalue weighted by Gasteiger charge is -2.18. The maximum Gasteiger partial charge on any atom is 0.342 e. The Balaban J connectivity index is 2.46. The maximum absolute atomic E-state index is 12.9. The molecule has 1 aromatic rings. The third kappa shape index (κ3) is 6.44. The summed E-state index contributed by atoms with van der Waals surface area (Å²) in [5.74, 6) is 0.233. The van der Waals surface area contributed by atoms with Crippen molar-refractivity contribution in [2.45, 2.75) is 38.4 Å². The Morgan fingerprint density at radius 2 is 1.90 bits per heavy atom. The molecule has 0 aliphatic carbocycles. The number of carbonyl (C=O) groups is 2. The van der Waals surface area contributed by atoms with E-state index in [0.29, 0.717) is 41.9 Å². The number of methoxy groups -OCH3 is 3. The topological polar surface area (TPSA) is 80.3 Å². The average Bonchev–Trinajstić information content (AvgIpc) is 2.70. The van der Waals surface area contributed by atoms with Crippen LogP contribution in [0.15, 0.2) is 30.4 Å². The lowest BCUT2D eigenvalue weighted by atomic mass is 10.0. The molecular formula is C22H28O7. The fourth-order valence-electron chi connectivity index (χ4n) is 2.92. The monoisotopic (exact) mass is 404 g/mol. The normalized spacial score (nSPS) is 21.7. The molecule has 1 heterocycles. The molecule has 0 fully saturated rings. The number of allylic oxidation sites excluding steroid dienone is 1. The van der Waals surface area contributed by atoms with Crippen molar-refractivity contribution in [3.05, 3.63) is 41.5 Å². The van der Waals surface area contributed by atoms with Crippen LogP contribution in [0.3, 0.4) is 0 Å². The standard InChI is InChI=1S/C22H28O7/c1-15-8-7-10-18(23)19(27-4)11-6-5-9-16-12-17(26-3)13-20(28-14-25-2)21(16)22(24)29-15/h5,7,9-10,12-13,15,19H,6,8,11,14H2,1-4H3/b9-5?,10-7-/t15-,19-/m0/s1. The second kappa shape index (κ2) is 11.4. The Morgan fingerprint density at radius 3 is 2.59 bits per heavy atom. The molecule has 0 N–H and O–H groups in total. The van der Waals surface area contributed by atoms with E-state index in [4.69, 9.17) is 23.7 Å². The number of hydrogen-bond acceptors (Lipinski definition) is 7. The van der Waals surface area contributed by atoms with Crippen molar-refractivity contribution < 1.29 is 33.3 Å². The van der Waals surface area contributed by atoms with Crippen LogP contribution in [0, 0.1) is 0 Å². The van der Waals surface area contributed by atoms with E-state index < -0.39 is 18.2 Å². The Hall–Kier alpha value is -2.64. The number of fused-ring (bicyclic) bond motifs is 1. The summed E-state index contributed by atoms with van der Waals surface area (Å²) in [6.45, 7) is 1.74. The fraction of sp³-hybridized carbons (Fsp3) is 0.455. The van der Waals surface area contributed by atoms with Gasteiger partial charge < -0.3 is 23.7 Å². The molecule has 1 aliphatic heterocycles. The highest BCUT2D eigenvalue weighted by molar-refractivity contribution is 5.97. The number of rotatable bonds is 5. The quantitative estimate of drug-likeness (QED) is 0.548. The van der Waals surface area contributed by atoms with Crippen LogP contribution in [0.1, 0.15) is 42.1 Å². The zero-order valence-corrected chi connectivity index (χ0v) is 17.3. The van der Waals surface area contributed by atoms with E-state index in [0.717, 1.165) is 0 Å². The van der Waals surface area contributed by atoms with Crippen LogP contribution in [-0.2, 0) is 19.0 Å². The van der Waals surface area contributed by atoms with E-state index >= 15 is 0 Å². The van der Waals surface area contributed by atoms with Gasteiger partial charge in [0.15, 0.2) is 12.6 Å². The molecule has 158 valence electrons. The highest BCUT2D eigenvalue weighted by atomic mass is 16.7. The number of carbonyl (C=O) groups excluding carboxylic acids is 2. The Bertz CT molecular complexity index is 767. The SMILES string of the molecule is COCOc1cc(OC)cc2c1C(=O)O[C@@H](C)C/C=C\C(=O)[C@@H](OC)CCC=C2. The molecular weight excluding hydrogens is 376 g/mol. The minimum atomic E-state index is -0.516. The minimum Gasteiger partial charge on any atom is -0.497 e. The molecule has 2 rings (SSSR count). The van der Waals surface area contributed by atoms with Crippen LogP contribution in [0.5, 0.6) is 11.5 Å². The molecule has 0 unspecified atom stereocenters. The van der Waals surface area contributed by atoms with Crippen molar-refractivity contribution in [3.63, 3.8) is 0 Å². The first-order valence-corrected chi connectivity index (χ1v) is 9.44. The van der Waals surface area contributed by atoms with Gasteiger partial charge in [0, 0.05) is 26.7 Å². The van der Waals surface area contributed by atoms with Crippen LogP contribution in [0.25, 0.3) is 6.08 Å². The summed E-state index contributed by atoms with van der Waals surface area (Å²) in [7, 11) is 4.56. The third-order valence-corrected chi connectivity index (χ3v) is 4.43. The molecule has 29 heavy (non-hydrogen) atoms. The van der Waals surface area contributed by atoms with Gasteiger partial charge in [0.2, 0.25) is 0 Å². The van der Waals surface area contributed by atoms with Gasteiger partial charge in [-0.1, -0.05) is 18.2 Å². The second-order valence-corrected chi connectivity index (χ2v) is 6.60. The summed E-state index contributed by atoms with van der Waals surface area (Å²) < 4.78 is 26.8. The molecule has 7 heteroatoms. The maximum atomic E-state index is 12.9.